The molecule has 0 unspecified atom stereocenters. The Hall–Kier alpha value is -2.04. The first-order valence-electron chi connectivity index (χ1n) is 6.35. The number of phenols is 1. The van der Waals surface area contributed by atoms with Crippen molar-refractivity contribution in [3.05, 3.63) is 29.8 Å². The van der Waals surface area contributed by atoms with E-state index in [1.165, 1.54) is 0 Å². The van der Waals surface area contributed by atoms with Gasteiger partial charge in [0.25, 0.3) is 0 Å². The van der Waals surface area contributed by atoms with Crippen LogP contribution in [0.2, 0.25) is 0 Å². The van der Waals surface area contributed by atoms with E-state index in [4.69, 9.17) is 5.11 Å². The summed E-state index contributed by atoms with van der Waals surface area (Å²) in [5.74, 6) is -0.682. The van der Waals surface area contributed by atoms with E-state index < -0.39 is 5.97 Å². The van der Waals surface area contributed by atoms with E-state index in [1.54, 1.807) is 12.1 Å². The number of unbranched alkanes of at least 4 members (excludes halogenated alkanes) is 1. The maximum Gasteiger partial charge on any atom is 0.303 e. The third-order valence-electron chi connectivity index (χ3n) is 2.75. The maximum absolute atomic E-state index is 11.4. The van der Waals surface area contributed by atoms with Gasteiger partial charge in [0.1, 0.15) is 5.75 Å². The van der Waals surface area contributed by atoms with E-state index in [0.717, 1.165) is 5.56 Å². The molecule has 0 aliphatic heterocycles. The second-order valence-corrected chi connectivity index (χ2v) is 4.33. The van der Waals surface area contributed by atoms with Gasteiger partial charge in [-0.2, -0.15) is 0 Å². The van der Waals surface area contributed by atoms with Gasteiger partial charge in [-0.3, -0.25) is 9.59 Å². The van der Waals surface area contributed by atoms with Gasteiger partial charge in [0.05, 0.1) is 0 Å². The number of rotatable bonds is 8. The van der Waals surface area contributed by atoms with Crippen LogP contribution in [0.4, 0.5) is 0 Å². The summed E-state index contributed by atoms with van der Waals surface area (Å²) in [6.45, 7) is 0.468. The summed E-state index contributed by atoms with van der Waals surface area (Å²) in [5.41, 5.74) is 0.800. The SMILES string of the molecule is O=C(O)CCCCC(=O)NCCc1ccccc1O. The van der Waals surface area contributed by atoms with Crippen molar-refractivity contribution < 1.29 is 19.8 Å². The highest BCUT2D eigenvalue weighted by Crippen LogP contribution is 2.15. The van der Waals surface area contributed by atoms with Crippen molar-refractivity contribution in [3.8, 4) is 5.75 Å². The Kier molecular flexibility index (Phi) is 6.43. The summed E-state index contributed by atoms with van der Waals surface area (Å²) in [5, 5.41) is 20.7. The fourth-order valence-corrected chi connectivity index (χ4v) is 1.71. The fraction of sp³-hybridized carbons (Fsp3) is 0.429. The Morgan fingerprint density at radius 3 is 2.47 bits per heavy atom. The van der Waals surface area contributed by atoms with Crippen LogP contribution in [0.25, 0.3) is 0 Å². The third kappa shape index (κ3) is 6.45. The molecule has 0 heterocycles. The second-order valence-electron chi connectivity index (χ2n) is 4.33. The van der Waals surface area contributed by atoms with Crippen molar-refractivity contribution in [3.63, 3.8) is 0 Å². The van der Waals surface area contributed by atoms with Crippen LogP contribution in [0.3, 0.4) is 0 Å². The van der Waals surface area contributed by atoms with Crippen LogP contribution in [0.15, 0.2) is 24.3 Å². The van der Waals surface area contributed by atoms with Crippen LogP contribution in [-0.4, -0.2) is 28.6 Å². The van der Waals surface area contributed by atoms with Gasteiger partial charge in [-0.15, -0.1) is 0 Å². The van der Waals surface area contributed by atoms with E-state index in [0.29, 0.717) is 32.2 Å². The number of phenolic OH excluding ortho intramolecular Hbond substituents is 1. The zero-order valence-corrected chi connectivity index (χ0v) is 10.8. The minimum atomic E-state index is -0.833. The summed E-state index contributed by atoms with van der Waals surface area (Å²) < 4.78 is 0. The molecular formula is C14H19NO4. The average molecular weight is 265 g/mol. The van der Waals surface area contributed by atoms with E-state index in [-0.39, 0.29) is 18.1 Å². The monoisotopic (exact) mass is 265 g/mol. The topological polar surface area (TPSA) is 86.6 Å². The molecule has 3 N–H and O–H groups in total. The quantitative estimate of drug-likeness (QED) is 0.624. The third-order valence-corrected chi connectivity index (χ3v) is 2.75. The van der Waals surface area contributed by atoms with Crippen molar-refractivity contribution in [1.29, 1.82) is 0 Å². The predicted octanol–water partition coefficient (Wildman–Crippen LogP) is 1.70. The average Bonchev–Trinajstić information content (AvgIpc) is 2.37. The minimum absolute atomic E-state index is 0.0826. The number of hydrogen-bond donors (Lipinski definition) is 3. The van der Waals surface area contributed by atoms with Crippen LogP contribution in [0.1, 0.15) is 31.2 Å². The largest absolute Gasteiger partial charge is 0.508 e. The molecule has 0 aliphatic rings. The molecule has 0 fully saturated rings. The van der Waals surface area contributed by atoms with Gasteiger partial charge in [0, 0.05) is 19.4 Å². The van der Waals surface area contributed by atoms with E-state index >= 15 is 0 Å². The van der Waals surface area contributed by atoms with E-state index in [9.17, 15) is 14.7 Å². The molecule has 0 aliphatic carbocycles. The molecule has 0 atom stereocenters. The first kappa shape index (κ1) is 15.0. The van der Waals surface area contributed by atoms with E-state index in [2.05, 4.69) is 5.32 Å². The van der Waals surface area contributed by atoms with Crippen LogP contribution in [-0.2, 0) is 16.0 Å². The van der Waals surface area contributed by atoms with Crippen molar-refractivity contribution in [1.82, 2.24) is 5.32 Å². The van der Waals surface area contributed by atoms with Crippen LogP contribution < -0.4 is 5.32 Å². The fourth-order valence-electron chi connectivity index (χ4n) is 1.71. The lowest BCUT2D eigenvalue weighted by Gasteiger charge is -2.06. The molecule has 0 aromatic heterocycles. The number of carbonyl (C=O) groups excluding carboxylic acids is 1. The molecule has 1 amide bonds. The molecule has 0 radical (unpaired) electrons. The molecule has 1 aromatic carbocycles. The van der Waals surface area contributed by atoms with Crippen molar-refractivity contribution in [2.75, 3.05) is 6.54 Å². The second kappa shape index (κ2) is 8.13. The van der Waals surface area contributed by atoms with E-state index in [1.807, 2.05) is 12.1 Å². The first-order valence-corrected chi connectivity index (χ1v) is 6.35. The number of carbonyl (C=O) groups is 2. The lowest BCUT2D eigenvalue weighted by Crippen LogP contribution is -2.25. The lowest BCUT2D eigenvalue weighted by atomic mass is 10.1. The van der Waals surface area contributed by atoms with Crippen molar-refractivity contribution in [2.24, 2.45) is 0 Å². The molecule has 0 saturated carbocycles. The van der Waals surface area contributed by atoms with Crippen molar-refractivity contribution >= 4 is 11.9 Å². The standard InChI is InChI=1S/C14H19NO4/c16-12-6-2-1-5-11(12)9-10-15-13(17)7-3-4-8-14(18)19/h1-2,5-6,16H,3-4,7-10H2,(H,15,17)(H,18,19). The van der Waals surface area contributed by atoms with Gasteiger partial charge in [-0.25, -0.2) is 0 Å². The molecule has 0 spiro atoms. The summed E-state index contributed by atoms with van der Waals surface area (Å²) in [4.78, 5) is 21.7. The van der Waals surface area contributed by atoms with Crippen LogP contribution >= 0.6 is 0 Å². The smallest absolute Gasteiger partial charge is 0.303 e. The highest BCUT2D eigenvalue weighted by molar-refractivity contribution is 5.75. The summed E-state index contributed by atoms with van der Waals surface area (Å²) in [6, 6.07) is 7.01. The molecule has 0 bridgehead atoms. The minimum Gasteiger partial charge on any atom is -0.508 e. The number of hydrogen-bond acceptors (Lipinski definition) is 3. The Morgan fingerprint density at radius 2 is 1.79 bits per heavy atom. The first-order chi connectivity index (χ1) is 9.09. The Balaban J connectivity index is 2.14. The van der Waals surface area contributed by atoms with Crippen LogP contribution in [0, 0.1) is 0 Å². The summed E-state index contributed by atoms with van der Waals surface area (Å²) in [7, 11) is 0. The number of nitrogens with one attached hydrogen (secondary N) is 1. The van der Waals surface area contributed by atoms with Crippen LogP contribution in [0.5, 0.6) is 5.75 Å². The molecule has 1 aromatic rings. The molecule has 5 nitrogen and oxygen atoms in total. The maximum atomic E-state index is 11.4. The van der Waals surface area contributed by atoms with Gasteiger partial charge in [-0.1, -0.05) is 18.2 Å². The highest BCUT2D eigenvalue weighted by Gasteiger charge is 2.04. The van der Waals surface area contributed by atoms with Gasteiger partial charge < -0.3 is 15.5 Å². The normalized spacial score (nSPS) is 10.1. The number of carboxylic acids is 1. The number of benzene rings is 1. The van der Waals surface area contributed by atoms with Crippen molar-refractivity contribution in [2.45, 2.75) is 32.1 Å². The Labute approximate surface area is 112 Å². The molecular weight excluding hydrogens is 246 g/mol. The van der Waals surface area contributed by atoms with Gasteiger partial charge in [0.2, 0.25) is 5.91 Å². The Morgan fingerprint density at radius 1 is 1.11 bits per heavy atom. The number of aliphatic carboxylic acids is 1. The predicted molar refractivity (Wildman–Crippen MR) is 70.9 cm³/mol. The number of carboxylic acid groups (broad SMARTS) is 1. The number of aromatic hydroxyl groups is 1. The van der Waals surface area contributed by atoms with Gasteiger partial charge >= 0.3 is 5.97 Å². The molecule has 5 heteroatoms. The summed E-state index contributed by atoms with van der Waals surface area (Å²) in [6.07, 6.45) is 2.11. The molecule has 19 heavy (non-hydrogen) atoms. The molecule has 1 rings (SSSR count). The molecule has 0 saturated heterocycles. The molecule has 104 valence electrons. The Bertz CT molecular complexity index is 431. The van der Waals surface area contributed by atoms with Gasteiger partial charge in [0.15, 0.2) is 0 Å². The summed E-state index contributed by atoms with van der Waals surface area (Å²) >= 11 is 0. The zero-order chi connectivity index (χ0) is 14.1. The lowest BCUT2D eigenvalue weighted by molar-refractivity contribution is -0.137. The zero-order valence-electron chi connectivity index (χ0n) is 10.8. The van der Waals surface area contributed by atoms with Gasteiger partial charge in [-0.05, 0) is 30.9 Å². The number of amides is 1. The number of para-hydroxylation sites is 1. The highest BCUT2D eigenvalue weighted by atomic mass is 16.4.